The molecule has 1 aromatic rings. The Hall–Kier alpha value is -0.870. The zero-order chi connectivity index (χ0) is 12.5. The maximum Gasteiger partial charge on any atom is 0.244 e. The van der Waals surface area contributed by atoms with Crippen LogP contribution >= 0.6 is 15.9 Å². The first-order chi connectivity index (χ1) is 8.74. The number of rotatable bonds is 3. The van der Waals surface area contributed by atoms with Gasteiger partial charge in [-0.15, -0.1) is 0 Å². The molecule has 4 heteroatoms. The molecule has 3 nitrogen and oxygen atoms in total. The fourth-order valence-corrected chi connectivity index (χ4v) is 2.85. The summed E-state index contributed by atoms with van der Waals surface area (Å²) in [6, 6.07) is 8.58. The van der Waals surface area contributed by atoms with Gasteiger partial charge in [0, 0.05) is 22.7 Å². The number of piperidine rings is 1. The van der Waals surface area contributed by atoms with E-state index in [-0.39, 0.29) is 11.9 Å². The lowest BCUT2D eigenvalue weighted by Gasteiger charge is -2.33. The van der Waals surface area contributed by atoms with Crippen LogP contribution in [0.1, 0.15) is 25.7 Å². The smallest absolute Gasteiger partial charge is 0.244 e. The van der Waals surface area contributed by atoms with Crippen molar-refractivity contribution in [3.63, 3.8) is 0 Å². The number of hydrogen-bond acceptors (Lipinski definition) is 2. The highest BCUT2D eigenvalue weighted by Crippen LogP contribution is 2.26. The highest BCUT2D eigenvalue weighted by atomic mass is 79.9. The maximum atomic E-state index is 12.4. The van der Waals surface area contributed by atoms with E-state index in [1.165, 1.54) is 12.8 Å². The Balaban J connectivity index is 1.76. The summed E-state index contributed by atoms with van der Waals surface area (Å²) in [4.78, 5) is 14.4. The van der Waals surface area contributed by atoms with Crippen molar-refractivity contribution in [3.8, 4) is 0 Å². The van der Waals surface area contributed by atoms with Crippen LogP contribution in [0.2, 0.25) is 0 Å². The number of nitrogens with zero attached hydrogens (tertiary/aromatic N) is 1. The van der Waals surface area contributed by atoms with E-state index in [0.29, 0.717) is 6.04 Å². The van der Waals surface area contributed by atoms with Crippen molar-refractivity contribution >= 4 is 27.5 Å². The second-order valence-corrected chi connectivity index (χ2v) is 6.02. The van der Waals surface area contributed by atoms with Crippen LogP contribution in [-0.4, -0.2) is 24.5 Å². The van der Waals surface area contributed by atoms with E-state index in [4.69, 9.17) is 0 Å². The van der Waals surface area contributed by atoms with Gasteiger partial charge in [0.05, 0.1) is 6.04 Å². The Kier molecular flexibility index (Phi) is 3.39. The third kappa shape index (κ3) is 2.59. The maximum absolute atomic E-state index is 12.4. The molecule has 1 saturated heterocycles. The van der Waals surface area contributed by atoms with Crippen LogP contribution in [-0.2, 0) is 4.79 Å². The molecule has 0 spiro atoms. The Morgan fingerprint density at radius 3 is 2.83 bits per heavy atom. The minimum Gasteiger partial charge on any atom is -0.311 e. The zero-order valence-corrected chi connectivity index (χ0v) is 11.8. The van der Waals surface area contributed by atoms with Crippen LogP contribution in [0, 0.1) is 0 Å². The number of carbonyl (C=O) groups is 1. The predicted octanol–water partition coefficient (Wildman–Crippen LogP) is 2.70. The van der Waals surface area contributed by atoms with Crippen LogP contribution in [0.15, 0.2) is 28.7 Å². The molecule has 1 aromatic carbocycles. The summed E-state index contributed by atoms with van der Waals surface area (Å²) in [5.74, 6) is 0.228. The molecule has 1 saturated carbocycles. The third-order valence-corrected chi connectivity index (χ3v) is 4.07. The highest BCUT2D eigenvalue weighted by molar-refractivity contribution is 9.10. The molecule has 1 unspecified atom stereocenters. The van der Waals surface area contributed by atoms with E-state index in [0.717, 1.165) is 29.5 Å². The minimum atomic E-state index is 0.0187. The second-order valence-electron chi connectivity index (χ2n) is 5.11. The van der Waals surface area contributed by atoms with Crippen LogP contribution in [0.25, 0.3) is 0 Å². The van der Waals surface area contributed by atoms with Crippen LogP contribution in [0.5, 0.6) is 0 Å². The van der Waals surface area contributed by atoms with Crippen molar-refractivity contribution in [3.05, 3.63) is 28.7 Å². The molecule has 2 aliphatic rings. The van der Waals surface area contributed by atoms with Gasteiger partial charge in [0.2, 0.25) is 5.91 Å². The average molecular weight is 309 g/mol. The van der Waals surface area contributed by atoms with Gasteiger partial charge in [-0.25, -0.2) is 0 Å². The lowest BCUT2D eigenvalue weighted by atomic mass is 10.0. The molecule has 1 aliphatic carbocycles. The van der Waals surface area contributed by atoms with E-state index in [1.54, 1.807) is 0 Å². The third-order valence-electron chi connectivity index (χ3n) is 3.57. The summed E-state index contributed by atoms with van der Waals surface area (Å²) >= 11 is 3.46. The van der Waals surface area contributed by atoms with Crippen molar-refractivity contribution in [2.24, 2.45) is 0 Å². The lowest BCUT2D eigenvalue weighted by Crippen LogP contribution is -2.51. The number of halogens is 1. The van der Waals surface area contributed by atoms with Gasteiger partial charge in [0.25, 0.3) is 0 Å². The molecule has 96 valence electrons. The molecule has 1 amide bonds. The molecule has 0 radical (unpaired) electrons. The van der Waals surface area contributed by atoms with Crippen LogP contribution < -0.4 is 10.2 Å². The van der Waals surface area contributed by atoms with Gasteiger partial charge in [-0.05, 0) is 43.9 Å². The summed E-state index contributed by atoms with van der Waals surface area (Å²) in [5.41, 5.74) is 0.997. The minimum absolute atomic E-state index is 0.0187. The van der Waals surface area contributed by atoms with E-state index >= 15 is 0 Å². The van der Waals surface area contributed by atoms with Gasteiger partial charge in [-0.2, -0.15) is 0 Å². The lowest BCUT2D eigenvalue weighted by molar-refractivity contribution is -0.121. The molecule has 1 atom stereocenters. The number of amides is 1. The molecular weight excluding hydrogens is 292 g/mol. The topological polar surface area (TPSA) is 32.3 Å². The Morgan fingerprint density at radius 1 is 1.28 bits per heavy atom. The Morgan fingerprint density at radius 2 is 2.11 bits per heavy atom. The molecule has 1 N–H and O–H groups in total. The summed E-state index contributed by atoms with van der Waals surface area (Å²) in [7, 11) is 0. The van der Waals surface area contributed by atoms with Crippen molar-refractivity contribution in [2.75, 3.05) is 11.4 Å². The summed E-state index contributed by atoms with van der Waals surface area (Å²) in [6.07, 6.45) is 4.49. The molecular formula is C14H17BrN2O. The van der Waals surface area contributed by atoms with Gasteiger partial charge in [-0.1, -0.05) is 22.0 Å². The predicted molar refractivity (Wildman–Crippen MR) is 75.7 cm³/mol. The summed E-state index contributed by atoms with van der Waals surface area (Å²) < 4.78 is 1.02. The summed E-state index contributed by atoms with van der Waals surface area (Å²) in [6.45, 7) is 0.831. The zero-order valence-electron chi connectivity index (χ0n) is 10.2. The second kappa shape index (κ2) is 5.02. The van der Waals surface area contributed by atoms with Gasteiger partial charge < -0.3 is 10.2 Å². The van der Waals surface area contributed by atoms with Crippen molar-refractivity contribution in [2.45, 2.75) is 37.8 Å². The van der Waals surface area contributed by atoms with Crippen molar-refractivity contribution in [1.29, 1.82) is 0 Å². The summed E-state index contributed by atoms with van der Waals surface area (Å²) in [5, 5.41) is 3.45. The van der Waals surface area contributed by atoms with E-state index in [1.807, 2.05) is 29.2 Å². The molecule has 3 rings (SSSR count). The number of carbonyl (C=O) groups excluding carboxylic acids is 1. The highest BCUT2D eigenvalue weighted by Gasteiger charge is 2.33. The first-order valence-corrected chi connectivity index (χ1v) is 7.36. The first kappa shape index (κ1) is 12.2. The van der Waals surface area contributed by atoms with E-state index in [2.05, 4.69) is 21.2 Å². The molecule has 18 heavy (non-hydrogen) atoms. The monoisotopic (exact) mass is 308 g/mol. The molecule has 0 bridgehead atoms. The van der Waals surface area contributed by atoms with Crippen LogP contribution in [0.4, 0.5) is 5.69 Å². The quantitative estimate of drug-likeness (QED) is 0.931. The average Bonchev–Trinajstić information content (AvgIpc) is 3.16. The van der Waals surface area contributed by atoms with Crippen LogP contribution in [0.3, 0.4) is 0 Å². The normalized spacial score (nSPS) is 24.4. The van der Waals surface area contributed by atoms with Crippen molar-refractivity contribution < 1.29 is 4.79 Å². The van der Waals surface area contributed by atoms with Gasteiger partial charge in [-0.3, -0.25) is 4.79 Å². The molecule has 1 heterocycles. The first-order valence-electron chi connectivity index (χ1n) is 6.57. The number of benzene rings is 1. The Labute approximate surface area is 116 Å². The van der Waals surface area contributed by atoms with Crippen molar-refractivity contribution in [1.82, 2.24) is 5.32 Å². The van der Waals surface area contributed by atoms with E-state index < -0.39 is 0 Å². The molecule has 2 fully saturated rings. The largest absolute Gasteiger partial charge is 0.311 e. The Bertz CT molecular complexity index is 459. The van der Waals surface area contributed by atoms with Gasteiger partial charge in [0.1, 0.15) is 0 Å². The number of nitrogens with one attached hydrogen (secondary N) is 1. The van der Waals surface area contributed by atoms with Gasteiger partial charge in [0.15, 0.2) is 0 Å². The molecule has 0 aromatic heterocycles. The number of anilines is 1. The fourth-order valence-electron chi connectivity index (χ4n) is 2.46. The van der Waals surface area contributed by atoms with Gasteiger partial charge >= 0.3 is 0 Å². The number of hydrogen-bond donors (Lipinski definition) is 1. The molecule has 1 aliphatic heterocycles. The fraction of sp³-hybridized carbons (Fsp3) is 0.500. The van der Waals surface area contributed by atoms with E-state index in [9.17, 15) is 4.79 Å². The SMILES string of the molecule is O=C1C(NC2CC2)CCCN1c1cccc(Br)c1. The standard InChI is InChI=1S/C14H17BrN2O/c15-10-3-1-4-12(9-10)17-8-2-5-13(14(17)18)16-11-6-7-11/h1,3-4,9,11,13,16H,2,5-8H2.